The molecule has 0 saturated carbocycles. The van der Waals surface area contributed by atoms with Gasteiger partial charge in [0.15, 0.2) is 0 Å². The third-order valence-corrected chi connectivity index (χ3v) is 5.45. The standard InChI is InChI=1S/C18H19N3O.C6H11NO2/c1-11-7-8-21-13(3)17(20-16(21)9-11)15-6-5-14(10-12(15)2)18(22)19-4;1-6(8)7-2-4-9-5-3-7/h5-10H,1-4H3,(H,19,22);2-5H2,1H3. The Morgan fingerprint density at radius 1 is 1.06 bits per heavy atom. The van der Waals surface area contributed by atoms with Crippen molar-refractivity contribution in [2.24, 2.45) is 0 Å². The van der Waals surface area contributed by atoms with E-state index in [0.29, 0.717) is 18.8 Å². The van der Waals surface area contributed by atoms with Gasteiger partial charge in [0.25, 0.3) is 5.91 Å². The molecular weight excluding hydrogens is 392 g/mol. The Hall–Kier alpha value is -3.19. The Morgan fingerprint density at radius 3 is 2.35 bits per heavy atom. The minimum absolute atomic E-state index is 0.0722. The quantitative estimate of drug-likeness (QED) is 0.688. The molecule has 0 unspecified atom stereocenters. The van der Waals surface area contributed by atoms with Crippen molar-refractivity contribution in [2.75, 3.05) is 33.4 Å². The van der Waals surface area contributed by atoms with E-state index in [1.54, 1.807) is 18.9 Å². The van der Waals surface area contributed by atoms with Crippen LogP contribution >= 0.6 is 0 Å². The number of nitrogens with one attached hydrogen (secondary N) is 1. The average Bonchev–Trinajstić information content (AvgIpc) is 3.09. The molecule has 3 heterocycles. The largest absolute Gasteiger partial charge is 0.378 e. The number of imidazole rings is 1. The smallest absolute Gasteiger partial charge is 0.251 e. The van der Waals surface area contributed by atoms with E-state index in [4.69, 9.17) is 9.72 Å². The van der Waals surface area contributed by atoms with E-state index in [-0.39, 0.29) is 11.8 Å². The highest BCUT2D eigenvalue weighted by Crippen LogP contribution is 2.27. The van der Waals surface area contributed by atoms with Gasteiger partial charge >= 0.3 is 0 Å². The van der Waals surface area contributed by atoms with Gasteiger partial charge in [-0.15, -0.1) is 0 Å². The van der Waals surface area contributed by atoms with Gasteiger partial charge in [-0.1, -0.05) is 6.07 Å². The van der Waals surface area contributed by atoms with Crippen molar-refractivity contribution in [1.82, 2.24) is 19.6 Å². The van der Waals surface area contributed by atoms with Crippen LogP contribution < -0.4 is 5.32 Å². The lowest BCUT2D eigenvalue weighted by molar-refractivity contribution is -0.132. The van der Waals surface area contributed by atoms with Crippen molar-refractivity contribution < 1.29 is 14.3 Å². The summed E-state index contributed by atoms with van der Waals surface area (Å²) in [4.78, 5) is 29.0. The number of ether oxygens (including phenoxy) is 1. The molecule has 1 fully saturated rings. The molecule has 1 N–H and O–H groups in total. The maximum atomic E-state index is 11.7. The van der Waals surface area contributed by atoms with Crippen LogP contribution in [0.1, 0.15) is 34.1 Å². The summed E-state index contributed by atoms with van der Waals surface area (Å²) in [6.45, 7) is 10.6. The summed E-state index contributed by atoms with van der Waals surface area (Å²) in [5, 5.41) is 2.65. The molecule has 1 aliphatic rings. The summed E-state index contributed by atoms with van der Waals surface area (Å²) in [5.74, 6) is 0.0790. The van der Waals surface area contributed by atoms with E-state index in [9.17, 15) is 9.59 Å². The maximum Gasteiger partial charge on any atom is 0.251 e. The van der Waals surface area contributed by atoms with Crippen LogP contribution in [0.5, 0.6) is 0 Å². The fourth-order valence-corrected chi connectivity index (χ4v) is 3.62. The first kappa shape index (κ1) is 22.5. The van der Waals surface area contributed by atoms with Crippen LogP contribution in [0.25, 0.3) is 16.9 Å². The summed E-state index contributed by atoms with van der Waals surface area (Å²) in [6, 6.07) is 9.87. The van der Waals surface area contributed by atoms with Gasteiger partial charge in [-0.2, -0.15) is 0 Å². The van der Waals surface area contributed by atoms with Crippen LogP contribution in [0.15, 0.2) is 36.5 Å². The molecule has 0 aliphatic carbocycles. The van der Waals surface area contributed by atoms with Gasteiger partial charge in [0.2, 0.25) is 5.91 Å². The third kappa shape index (κ3) is 5.11. The molecule has 0 bridgehead atoms. The van der Waals surface area contributed by atoms with Crippen LogP contribution in [0.3, 0.4) is 0 Å². The Bertz CT molecular complexity index is 1100. The fraction of sp³-hybridized carbons (Fsp3) is 0.375. The van der Waals surface area contributed by atoms with E-state index in [0.717, 1.165) is 41.3 Å². The van der Waals surface area contributed by atoms with Crippen LogP contribution in [-0.2, 0) is 9.53 Å². The molecule has 2 amide bonds. The summed E-state index contributed by atoms with van der Waals surface area (Å²) < 4.78 is 7.15. The number of aryl methyl sites for hydroxylation is 3. The number of nitrogens with zero attached hydrogens (tertiary/aromatic N) is 3. The Morgan fingerprint density at radius 2 is 1.77 bits per heavy atom. The van der Waals surface area contributed by atoms with Crippen molar-refractivity contribution in [3.05, 3.63) is 58.9 Å². The van der Waals surface area contributed by atoms with Crippen molar-refractivity contribution in [3.63, 3.8) is 0 Å². The number of carbonyl (C=O) groups excluding carboxylic acids is 2. The highest BCUT2D eigenvalue weighted by Gasteiger charge is 2.14. The van der Waals surface area contributed by atoms with Crippen LogP contribution in [0.4, 0.5) is 0 Å². The van der Waals surface area contributed by atoms with E-state index < -0.39 is 0 Å². The first-order valence-corrected chi connectivity index (χ1v) is 10.4. The molecule has 0 atom stereocenters. The topological polar surface area (TPSA) is 75.9 Å². The molecule has 0 spiro atoms. The third-order valence-electron chi connectivity index (χ3n) is 5.45. The van der Waals surface area contributed by atoms with Crippen LogP contribution in [0, 0.1) is 20.8 Å². The van der Waals surface area contributed by atoms with Gasteiger partial charge < -0.3 is 19.4 Å². The predicted molar refractivity (Wildman–Crippen MR) is 121 cm³/mol. The predicted octanol–water partition coefficient (Wildman–Crippen LogP) is 3.15. The molecule has 2 aromatic heterocycles. The number of morpholine rings is 1. The first-order chi connectivity index (χ1) is 14.8. The lowest BCUT2D eigenvalue weighted by Gasteiger charge is -2.25. The van der Waals surface area contributed by atoms with Crippen molar-refractivity contribution in [2.45, 2.75) is 27.7 Å². The zero-order valence-electron chi connectivity index (χ0n) is 18.9. The number of hydrogen-bond donors (Lipinski definition) is 1. The first-order valence-electron chi connectivity index (χ1n) is 10.4. The molecule has 1 saturated heterocycles. The number of benzene rings is 1. The fourth-order valence-electron chi connectivity index (χ4n) is 3.62. The highest BCUT2D eigenvalue weighted by molar-refractivity contribution is 5.94. The van der Waals surface area contributed by atoms with Gasteiger partial charge in [0.05, 0.1) is 18.9 Å². The van der Waals surface area contributed by atoms with Gasteiger partial charge in [0.1, 0.15) is 5.65 Å². The van der Waals surface area contributed by atoms with Gasteiger partial charge in [-0.05, 0) is 56.2 Å². The van der Waals surface area contributed by atoms with Gasteiger partial charge in [-0.25, -0.2) is 4.98 Å². The number of rotatable bonds is 2. The molecule has 4 rings (SSSR count). The zero-order chi connectivity index (χ0) is 22.5. The summed E-state index contributed by atoms with van der Waals surface area (Å²) in [5.41, 5.74) is 6.98. The molecule has 1 aliphatic heterocycles. The van der Waals surface area contributed by atoms with Crippen molar-refractivity contribution >= 4 is 17.5 Å². The average molecular weight is 423 g/mol. The monoisotopic (exact) mass is 422 g/mol. The number of fused-ring (bicyclic) bond motifs is 1. The SMILES string of the molecule is CC(=O)N1CCOCC1.CNC(=O)c1ccc(-c2nc3cc(C)ccn3c2C)c(C)c1. The highest BCUT2D eigenvalue weighted by atomic mass is 16.5. The molecule has 164 valence electrons. The minimum atomic E-state index is -0.0722. The lowest BCUT2D eigenvalue weighted by atomic mass is 10.0. The molecule has 31 heavy (non-hydrogen) atoms. The van der Waals surface area contributed by atoms with Crippen LogP contribution in [-0.4, -0.2) is 59.4 Å². The number of aromatic nitrogens is 2. The Kier molecular flexibility index (Phi) is 7.07. The number of hydrogen-bond acceptors (Lipinski definition) is 4. The Balaban J connectivity index is 0.000000254. The van der Waals surface area contributed by atoms with Gasteiger partial charge in [-0.3, -0.25) is 9.59 Å². The molecule has 7 nitrogen and oxygen atoms in total. The van der Waals surface area contributed by atoms with Crippen LogP contribution in [0.2, 0.25) is 0 Å². The maximum absolute atomic E-state index is 11.7. The number of amides is 2. The van der Waals surface area contributed by atoms with Crippen molar-refractivity contribution in [1.29, 1.82) is 0 Å². The van der Waals surface area contributed by atoms with E-state index in [1.807, 2.05) is 31.3 Å². The van der Waals surface area contributed by atoms with Gasteiger partial charge in [0, 0.05) is 50.1 Å². The minimum Gasteiger partial charge on any atom is -0.378 e. The number of carbonyl (C=O) groups is 2. The molecular formula is C24H30N4O3. The summed E-state index contributed by atoms with van der Waals surface area (Å²) in [6.07, 6.45) is 2.05. The molecule has 7 heteroatoms. The van der Waals surface area contributed by atoms with E-state index in [1.165, 1.54) is 5.56 Å². The second kappa shape index (κ2) is 9.75. The normalized spacial score (nSPS) is 13.5. The molecule has 0 radical (unpaired) electrons. The Labute approximate surface area is 183 Å². The second-order valence-corrected chi connectivity index (χ2v) is 7.71. The second-order valence-electron chi connectivity index (χ2n) is 7.71. The van der Waals surface area contributed by atoms with E-state index >= 15 is 0 Å². The molecule has 3 aromatic rings. The zero-order valence-corrected chi connectivity index (χ0v) is 18.9. The van der Waals surface area contributed by atoms with E-state index in [2.05, 4.69) is 35.7 Å². The number of pyridine rings is 1. The summed E-state index contributed by atoms with van der Waals surface area (Å²) in [7, 11) is 1.64. The summed E-state index contributed by atoms with van der Waals surface area (Å²) >= 11 is 0. The lowest BCUT2D eigenvalue weighted by Crippen LogP contribution is -2.39. The molecule has 1 aromatic carbocycles. The van der Waals surface area contributed by atoms with Crippen molar-refractivity contribution in [3.8, 4) is 11.3 Å².